The quantitative estimate of drug-likeness (QED) is 0.817. The molecule has 2 aliphatic heterocycles. The van der Waals surface area contributed by atoms with Crippen molar-refractivity contribution in [1.82, 2.24) is 4.90 Å². The molecule has 16 heavy (non-hydrogen) atoms. The minimum Gasteiger partial charge on any atom is -0.385 e. The van der Waals surface area contributed by atoms with Crippen LogP contribution in [0.1, 0.15) is 30.7 Å². The molecule has 2 heteroatoms. The zero-order valence-corrected chi connectivity index (χ0v) is 9.78. The fourth-order valence-electron chi connectivity index (χ4n) is 3.02. The number of hydrogen-bond acceptors (Lipinski definition) is 2. The summed E-state index contributed by atoms with van der Waals surface area (Å²) in [5.74, 6) is 0.746. The number of likely N-dealkylation sites (tertiary alicyclic amines) is 1. The van der Waals surface area contributed by atoms with E-state index in [0.717, 1.165) is 12.5 Å². The smallest absolute Gasteiger partial charge is 0.0376 e. The number of hydrogen-bond donors (Lipinski definition) is 1. The van der Waals surface area contributed by atoms with E-state index in [4.69, 9.17) is 0 Å². The van der Waals surface area contributed by atoms with Crippen LogP contribution in [-0.4, -0.2) is 31.1 Å². The molecule has 86 valence electrons. The van der Waals surface area contributed by atoms with E-state index >= 15 is 0 Å². The van der Waals surface area contributed by atoms with Gasteiger partial charge in [-0.2, -0.15) is 0 Å². The lowest BCUT2D eigenvalue weighted by Crippen LogP contribution is -2.29. The molecule has 3 rings (SSSR count). The summed E-state index contributed by atoms with van der Waals surface area (Å²) >= 11 is 0. The Balaban J connectivity index is 1.76. The van der Waals surface area contributed by atoms with Crippen LogP contribution in [0.3, 0.4) is 0 Å². The molecule has 0 bridgehead atoms. The number of nitrogens with zero attached hydrogens (tertiary/aromatic N) is 1. The molecule has 2 aliphatic rings. The Bertz CT molecular complexity index is 356. The van der Waals surface area contributed by atoms with Crippen molar-refractivity contribution < 1.29 is 0 Å². The van der Waals surface area contributed by atoms with Gasteiger partial charge in [-0.1, -0.05) is 18.2 Å². The van der Waals surface area contributed by atoms with Gasteiger partial charge in [-0.15, -0.1) is 0 Å². The van der Waals surface area contributed by atoms with E-state index in [2.05, 4.69) is 34.5 Å². The first-order valence-corrected chi connectivity index (χ1v) is 6.48. The van der Waals surface area contributed by atoms with Crippen molar-refractivity contribution >= 4 is 5.69 Å². The molecule has 1 saturated heterocycles. The van der Waals surface area contributed by atoms with Crippen LogP contribution in [0, 0.1) is 0 Å². The van der Waals surface area contributed by atoms with Crippen molar-refractivity contribution in [2.24, 2.45) is 0 Å². The topological polar surface area (TPSA) is 15.3 Å². The van der Waals surface area contributed by atoms with Gasteiger partial charge in [0.2, 0.25) is 0 Å². The van der Waals surface area contributed by atoms with Crippen molar-refractivity contribution in [2.45, 2.75) is 25.2 Å². The fraction of sp³-hybridized carbons (Fsp3) is 0.571. The minimum atomic E-state index is 0.746. The third-order valence-electron chi connectivity index (χ3n) is 3.89. The molecular formula is C14H20N2. The van der Waals surface area contributed by atoms with Crippen molar-refractivity contribution in [3.05, 3.63) is 29.8 Å². The molecule has 1 unspecified atom stereocenters. The largest absolute Gasteiger partial charge is 0.385 e. The van der Waals surface area contributed by atoms with E-state index in [9.17, 15) is 0 Å². The Labute approximate surface area is 97.6 Å². The lowest BCUT2D eigenvalue weighted by atomic mass is 9.90. The number of fused-ring (bicyclic) bond motifs is 1. The molecule has 1 atom stereocenters. The lowest BCUT2D eigenvalue weighted by molar-refractivity contribution is 0.307. The first-order chi connectivity index (χ1) is 7.93. The highest BCUT2D eigenvalue weighted by Gasteiger charge is 2.23. The highest BCUT2D eigenvalue weighted by atomic mass is 15.1. The van der Waals surface area contributed by atoms with Crippen LogP contribution in [0.15, 0.2) is 24.3 Å². The molecule has 2 nitrogen and oxygen atoms in total. The lowest BCUT2D eigenvalue weighted by Gasteiger charge is -2.29. The first-order valence-electron chi connectivity index (χ1n) is 6.48. The van der Waals surface area contributed by atoms with Gasteiger partial charge in [0.05, 0.1) is 0 Å². The zero-order chi connectivity index (χ0) is 10.8. The number of para-hydroxylation sites is 1. The minimum absolute atomic E-state index is 0.746. The molecule has 0 radical (unpaired) electrons. The predicted octanol–water partition coefficient (Wildman–Crippen LogP) is 2.68. The molecule has 1 aromatic rings. The molecule has 1 fully saturated rings. The second kappa shape index (κ2) is 4.46. The maximum atomic E-state index is 3.50. The molecule has 0 aromatic heterocycles. The van der Waals surface area contributed by atoms with Gasteiger partial charge in [-0.25, -0.2) is 0 Å². The number of anilines is 1. The van der Waals surface area contributed by atoms with Crippen LogP contribution in [0.5, 0.6) is 0 Å². The molecule has 0 spiro atoms. The van der Waals surface area contributed by atoms with Gasteiger partial charge < -0.3 is 10.2 Å². The SMILES string of the molecule is c1ccc2c(c1)NCCC2CN1CCCC1. The van der Waals surface area contributed by atoms with Crippen LogP contribution in [0.25, 0.3) is 0 Å². The van der Waals surface area contributed by atoms with Gasteiger partial charge in [0.1, 0.15) is 0 Å². The van der Waals surface area contributed by atoms with E-state index in [1.807, 2.05) is 0 Å². The van der Waals surface area contributed by atoms with Gasteiger partial charge in [-0.3, -0.25) is 0 Å². The van der Waals surface area contributed by atoms with E-state index in [0.29, 0.717) is 0 Å². The molecule has 1 N–H and O–H groups in total. The summed E-state index contributed by atoms with van der Waals surface area (Å²) in [6.07, 6.45) is 4.08. The van der Waals surface area contributed by atoms with Crippen molar-refractivity contribution in [1.29, 1.82) is 0 Å². The Hall–Kier alpha value is -1.02. The van der Waals surface area contributed by atoms with Crippen LogP contribution in [-0.2, 0) is 0 Å². The van der Waals surface area contributed by atoms with E-state index in [-0.39, 0.29) is 0 Å². The maximum Gasteiger partial charge on any atom is 0.0376 e. The standard InChI is InChI=1S/C14H20N2/c1-2-6-14-13(5-1)12(7-8-15-14)11-16-9-3-4-10-16/h1-2,5-6,12,15H,3-4,7-11H2. The molecule has 1 aromatic carbocycles. The second-order valence-electron chi connectivity index (χ2n) is 5.01. The van der Waals surface area contributed by atoms with Gasteiger partial charge in [0.25, 0.3) is 0 Å². The Morgan fingerprint density at radius 1 is 1.19 bits per heavy atom. The van der Waals surface area contributed by atoms with Crippen molar-refractivity contribution in [3.8, 4) is 0 Å². The molecule has 0 saturated carbocycles. The highest BCUT2D eigenvalue weighted by Crippen LogP contribution is 2.32. The van der Waals surface area contributed by atoms with Gasteiger partial charge in [0, 0.05) is 24.7 Å². The first kappa shape index (κ1) is 10.2. The highest BCUT2D eigenvalue weighted by molar-refractivity contribution is 5.54. The summed E-state index contributed by atoms with van der Waals surface area (Å²) in [6, 6.07) is 8.81. The average molecular weight is 216 g/mol. The third kappa shape index (κ3) is 1.94. The number of nitrogens with one attached hydrogen (secondary N) is 1. The van der Waals surface area contributed by atoms with Gasteiger partial charge in [-0.05, 0) is 44.0 Å². The van der Waals surface area contributed by atoms with E-state index in [1.54, 1.807) is 0 Å². The van der Waals surface area contributed by atoms with Gasteiger partial charge >= 0.3 is 0 Å². The van der Waals surface area contributed by atoms with Crippen LogP contribution >= 0.6 is 0 Å². The third-order valence-corrected chi connectivity index (χ3v) is 3.89. The van der Waals surface area contributed by atoms with E-state index < -0.39 is 0 Å². The normalized spacial score (nSPS) is 25.1. The summed E-state index contributed by atoms with van der Waals surface area (Å²) < 4.78 is 0. The molecular weight excluding hydrogens is 196 g/mol. The average Bonchev–Trinajstić information content (AvgIpc) is 2.82. The van der Waals surface area contributed by atoms with Crippen molar-refractivity contribution in [3.63, 3.8) is 0 Å². The van der Waals surface area contributed by atoms with Crippen LogP contribution in [0.2, 0.25) is 0 Å². The maximum absolute atomic E-state index is 3.50. The van der Waals surface area contributed by atoms with Crippen LogP contribution in [0.4, 0.5) is 5.69 Å². The summed E-state index contributed by atoms with van der Waals surface area (Å²) in [5, 5.41) is 3.50. The summed E-state index contributed by atoms with van der Waals surface area (Å²) in [4.78, 5) is 2.63. The van der Waals surface area contributed by atoms with Gasteiger partial charge in [0.15, 0.2) is 0 Å². The molecule has 0 aliphatic carbocycles. The fourth-order valence-corrected chi connectivity index (χ4v) is 3.02. The number of benzene rings is 1. The molecule has 0 amide bonds. The zero-order valence-electron chi connectivity index (χ0n) is 9.78. The summed E-state index contributed by atoms with van der Waals surface area (Å²) in [7, 11) is 0. The Morgan fingerprint density at radius 2 is 2.00 bits per heavy atom. The van der Waals surface area contributed by atoms with Crippen LogP contribution < -0.4 is 5.32 Å². The number of rotatable bonds is 2. The Kier molecular flexibility index (Phi) is 2.83. The summed E-state index contributed by atoms with van der Waals surface area (Å²) in [6.45, 7) is 5.02. The monoisotopic (exact) mass is 216 g/mol. The second-order valence-corrected chi connectivity index (χ2v) is 5.01. The predicted molar refractivity (Wildman–Crippen MR) is 68.0 cm³/mol. The van der Waals surface area contributed by atoms with E-state index in [1.165, 1.54) is 50.1 Å². The Morgan fingerprint density at radius 3 is 2.88 bits per heavy atom. The summed E-state index contributed by atoms with van der Waals surface area (Å²) in [5.41, 5.74) is 2.89. The molecule has 2 heterocycles. The van der Waals surface area contributed by atoms with Crippen molar-refractivity contribution in [2.75, 3.05) is 31.5 Å².